The van der Waals surface area contributed by atoms with Gasteiger partial charge in [-0.05, 0) is 64.0 Å². The minimum atomic E-state index is -4.49. The summed E-state index contributed by atoms with van der Waals surface area (Å²) in [5, 5.41) is 23.5. The molecule has 3 aromatic rings. The number of carbonyl (C=O) groups is 1. The second kappa shape index (κ2) is 11.6. The lowest BCUT2D eigenvalue weighted by atomic mass is 10.1. The van der Waals surface area contributed by atoms with Crippen LogP contribution in [0.5, 0.6) is 11.5 Å². The third kappa shape index (κ3) is 6.78. The molecule has 37 heavy (non-hydrogen) atoms. The molecule has 0 saturated carbocycles. The highest BCUT2D eigenvalue weighted by atomic mass is 79.9. The van der Waals surface area contributed by atoms with Crippen molar-refractivity contribution in [3.8, 4) is 17.6 Å². The predicted octanol–water partition coefficient (Wildman–Crippen LogP) is 5.99. The monoisotopic (exact) mass is 625 g/mol. The molecule has 0 bridgehead atoms. The van der Waals surface area contributed by atoms with Gasteiger partial charge in [-0.2, -0.15) is 13.7 Å². The second-order valence-corrected chi connectivity index (χ2v) is 10.3. The molecule has 0 heterocycles. The smallest absolute Gasteiger partial charge is 0.339 e. The number of nitro benzene ring substituents is 1. The molecule has 14 heteroatoms. The van der Waals surface area contributed by atoms with Gasteiger partial charge in [0.25, 0.3) is 11.6 Å². The van der Waals surface area contributed by atoms with Crippen LogP contribution in [0.2, 0.25) is 10.0 Å². The van der Waals surface area contributed by atoms with E-state index in [1.165, 1.54) is 49.6 Å². The lowest BCUT2D eigenvalue weighted by Gasteiger charge is -2.13. The van der Waals surface area contributed by atoms with Gasteiger partial charge >= 0.3 is 10.1 Å². The first-order valence-electron chi connectivity index (χ1n) is 9.90. The van der Waals surface area contributed by atoms with Crippen molar-refractivity contribution >= 4 is 72.6 Å². The number of carbonyl (C=O) groups excluding carboxylic acids is 1. The molecule has 0 atom stereocenters. The van der Waals surface area contributed by atoms with Crippen LogP contribution in [0.15, 0.2) is 69.5 Å². The second-order valence-electron chi connectivity index (χ2n) is 7.08. The molecule has 0 radical (unpaired) electrons. The van der Waals surface area contributed by atoms with Gasteiger partial charge in [0.2, 0.25) is 0 Å². The summed E-state index contributed by atoms with van der Waals surface area (Å²) in [5.41, 5.74) is -0.101. The van der Waals surface area contributed by atoms with E-state index in [4.69, 9.17) is 32.1 Å². The van der Waals surface area contributed by atoms with Crippen molar-refractivity contribution in [2.45, 2.75) is 4.90 Å². The summed E-state index contributed by atoms with van der Waals surface area (Å²) in [6, 6.07) is 13.3. The number of halogens is 3. The van der Waals surface area contributed by atoms with E-state index in [0.29, 0.717) is 16.3 Å². The molecular weight excluding hydrogens is 613 g/mol. The van der Waals surface area contributed by atoms with Gasteiger partial charge in [0, 0.05) is 17.8 Å². The van der Waals surface area contributed by atoms with Crippen molar-refractivity contribution in [2.24, 2.45) is 0 Å². The zero-order chi connectivity index (χ0) is 27.3. The van der Waals surface area contributed by atoms with Crippen LogP contribution in [0.25, 0.3) is 6.08 Å². The van der Waals surface area contributed by atoms with E-state index in [9.17, 15) is 28.6 Å². The molecule has 1 N–H and O–H groups in total. The molecule has 1 amide bonds. The van der Waals surface area contributed by atoms with Crippen LogP contribution in [0.4, 0.5) is 11.4 Å². The molecule has 0 aromatic heterocycles. The molecule has 10 nitrogen and oxygen atoms in total. The summed E-state index contributed by atoms with van der Waals surface area (Å²) in [6.45, 7) is 0. The number of methoxy groups -OCH3 is 1. The van der Waals surface area contributed by atoms with Crippen LogP contribution in [0, 0.1) is 21.4 Å². The van der Waals surface area contributed by atoms with Crippen molar-refractivity contribution in [1.82, 2.24) is 0 Å². The van der Waals surface area contributed by atoms with Gasteiger partial charge in [-0.15, -0.1) is 0 Å². The Hall–Kier alpha value is -3.63. The number of non-ortho nitro benzene ring substituents is 1. The summed E-state index contributed by atoms with van der Waals surface area (Å²) in [6.07, 6.45) is 1.25. The van der Waals surface area contributed by atoms with Crippen LogP contribution >= 0.6 is 39.1 Å². The van der Waals surface area contributed by atoms with Gasteiger partial charge in [0.1, 0.15) is 16.5 Å². The van der Waals surface area contributed by atoms with Crippen molar-refractivity contribution in [2.75, 3.05) is 12.4 Å². The van der Waals surface area contributed by atoms with Gasteiger partial charge in [-0.25, -0.2) is 0 Å². The van der Waals surface area contributed by atoms with Crippen molar-refractivity contribution in [3.63, 3.8) is 0 Å². The normalized spacial score (nSPS) is 11.4. The van der Waals surface area contributed by atoms with E-state index in [-0.39, 0.29) is 26.6 Å². The summed E-state index contributed by atoms with van der Waals surface area (Å²) in [5.74, 6) is -1.04. The SMILES string of the molecule is COc1cc(/C=C(/C#N)C(=O)Nc2ccc(Cl)c(Cl)c2)cc(Br)c1OS(=O)(=O)c1cccc([N+](=O)[O-])c1. The summed E-state index contributed by atoms with van der Waals surface area (Å²) >= 11 is 15.0. The summed E-state index contributed by atoms with van der Waals surface area (Å²) in [4.78, 5) is 22.4. The molecule has 0 saturated heterocycles. The first-order valence-corrected chi connectivity index (χ1v) is 12.9. The average Bonchev–Trinajstić information content (AvgIpc) is 2.86. The molecule has 0 fully saturated rings. The highest BCUT2D eigenvalue weighted by Crippen LogP contribution is 2.39. The van der Waals surface area contributed by atoms with E-state index in [2.05, 4.69) is 21.2 Å². The first kappa shape index (κ1) is 27.9. The predicted molar refractivity (Wildman–Crippen MR) is 140 cm³/mol. The number of ether oxygens (including phenoxy) is 1. The number of nitrogens with zero attached hydrogens (tertiary/aromatic N) is 2. The molecule has 190 valence electrons. The Labute approximate surface area is 229 Å². The van der Waals surface area contributed by atoms with E-state index >= 15 is 0 Å². The minimum absolute atomic E-state index is 0.0585. The Kier molecular flexibility index (Phi) is 8.77. The lowest BCUT2D eigenvalue weighted by molar-refractivity contribution is -0.385. The van der Waals surface area contributed by atoms with Crippen molar-refractivity contribution in [3.05, 3.63) is 90.4 Å². The Morgan fingerprint density at radius 2 is 1.89 bits per heavy atom. The van der Waals surface area contributed by atoms with Crippen LogP contribution in [0.1, 0.15) is 5.56 Å². The third-order valence-corrected chi connectivity index (χ3v) is 7.16. The highest BCUT2D eigenvalue weighted by molar-refractivity contribution is 9.10. The van der Waals surface area contributed by atoms with E-state index < -0.39 is 31.5 Å². The summed E-state index contributed by atoms with van der Waals surface area (Å²) in [7, 11) is -3.23. The Balaban J connectivity index is 1.92. The minimum Gasteiger partial charge on any atom is -0.493 e. The van der Waals surface area contributed by atoms with Gasteiger partial charge in [-0.1, -0.05) is 29.3 Å². The molecular formula is C23H14BrCl2N3O7S. The topological polar surface area (TPSA) is 149 Å². The molecule has 0 aliphatic heterocycles. The number of benzene rings is 3. The molecule has 0 unspecified atom stereocenters. The standard InChI is InChI=1S/C23H14BrCl2N3O7S/c1-35-21-9-13(7-14(12-27)23(30)28-15-5-6-19(25)20(26)10-15)8-18(24)22(21)36-37(33,34)17-4-2-3-16(11-17)29(31)32/h2-11H,1H3,(H,28,30)/b14-7-. The van der Waals surface area contributed by atoms with E-state index in [0.717, 1.165) is 18.2 Å². The van der Waals surface area contributed by atoms with Crippen LogP contribution in [-0.2, 0) is 14.9 Å². The fourth-order valence-electron chi connectivity index (χ4n) is 2.90. The molecule has 3 aromatic carbocycles. The van der Waals surface area contributed by atoms with Crippen LogP contribution < -0.4 is 14.2 Å². The highest BCUT2D eigenvalue weighted by Gasteiger charge is 2.24. The Bertz CT molecular complexity index is 1590. The number of nitrogens with one attached hydrogen (secondary N) is 1. The maximum Gasteiger partial charge on any atom is 0.339 e. The fraction of sp³-hybridized carbons (Fsp3) is 0.0435. The zero-order valence-electron chi connectivity index (χ0n) is 18.6. The zero-order valence-corrected chi connectivity index (χ0v) is 22.5. The number of amides is 1. The van der Waals surface area contributed by atoms with Gasteiger partial charge < -0.3 is 14.2 Å². The Morgan fingerprint density at radius 3 is 2.51 bits per heavy atom. The van der Waals surface area contributed by atoms with E-state index in [1.54, 1.807) is 6.07 Å². The quantitative estimate of drug-likeness (QED) is 0.105. The first-order chi connectivity index (χ1) is 17.4. The number of hydrogen-bond donors (Lipinski definition) is 1. The van der Waals surface area contributed by atoms with Crippen molar-refractivity contribution < 1.29 is 27.1 Å². The van der Waals surface area contributed by atoms with Gasteiger partial charge in [-0.3, -0.25) is 14.9 Å². The maximum absolute atomic E-state index is 12.8. The number of anilines is 1. The number of hydrogen-bond acceptors (Lipinski definition) is 8. The molecule has 3 rings (SSSR count). The van der Waals surface area contributed by atoms with Crippen molar-refractivity contribution in [1.29, 1.82) is 5.26 Å². The van der Waals surface area contributed by atoms with E-state index in [1.807, 2.05) is 0 Å². The number of nitro groups is 1. The third-order valence-electron chi connectivity index (χ3n) is 4.62. The number of rotatable bonds is 8. The largest absolute Gasteiger partial charge is 0.493 e. The Morgan fingerprint density at radius 1 is 1.16 bits per heavy atom. The average molecular weight is 627 g/mol. The van der Waals surface area contributed by atoms with Gasteiger partial charge in [0.05, 0.1) is 26.6 Å². The van der Waals surface area contributed by atoms with Gasteiger partial charge in [0.15, 0.2) is 11.5 Å². The molecule has 0 spiro atoms. The summed E-state index contributed by atoms with van der Waals surface area (Å²) < 4.78 is 36.1. The number of nitriles is 1. The molecule has 0 aliphatic carbocycles. The molecule has 0 aliphatic rings. The van der Waals surface area contributed by atoms with Crippen LogP contribution in [0.3, 0.4) is 0 Å². The van der Waals surface area contributed by atoms with Crippen LogP contribution in [-0.4, -0.2) is 26.4 Å². The lowest BCUT2D eigenvalue weighted by Crippen LogP contribution is -2.13. The maximum atomic E-state index is 12.8. The fourth-order valence-corrected chi connectivity index (χ4v) is 4.85.